The number of amides is 1. The molecule has 0 bridgehead atoms. The zero-order valence-electron chi connectivity index (χ0n) is 12.3. The van der Waals surface area contributed by atoms with E-state index in [1.807, 2.05) is 26.8 Å². The van der Waals surface area contributed by atoms with Gasteiger partial charge >= 0.3 is 5.97 Å². The minimum Gasteiger partial charge on any atom is -0.481 e. The molecule has 0 aliphatic rings. The van der Waals surface area contributed by atoms with Crippen molar-refractivity contribution in [1.82, 2.24) is 15.1 Å². The Kier molecular flexibility index (Phi) is 6.21. The van der Waals surface area contributed by atoms with Crippen LogP contribution in [0.4, 0.5) is 0 Å². The monoisotopic (exact) mass is 281 g/mol. The van der Waals surface area contributed by atoms with Gasteiger partial charge in [-0.05, 0) is 26.3 Å². The minimum absolute atomic E-state index is 0.0283. The first-order chi connectivity index (χ1) is 9.42. The Morgan fingerprint density at radius 1 is 1.45 bits per heavy atom. The fourth-order valence-electron chi connectivity index (χ4n) is 2.19. The second-order valence-corrected chi connectivity index (χ2v) is 5.05. The van der Waals surface area contributed by atoms with Crippen molar-refractivity contribution in [2.45, 2.75) is 59.0 Å². The summed E-state index contributed by atoms with van der Waals surface area (Å²) < 4.78 is 1.79. The zero-order chi connectivity index (χ0) is 15.1. The summed E-state index contributed by atoms with van der Waals surface area (Å²) in [6.07, 6.45) is 1.80. The Labute approximate surface area is 119 Å². The number of aryl methyl sites for hydroxylation is 3. The molecule has 0 aliphatic carbocycles. The largest absolute Gasteiger partial charge is 0.481 e. The standard InChI is InChI=1S/C14H23N3O3/c1-4-5-12(9-14(19)20)15-13(18)6-7-17-11(3)8-10(2)16-17/h8,12H,4-7,9H2,1-3H3,(H,15,18)(H,19,20). The number of rotatable bonds is 8. The summed E-state index contributed by atoms with van der Waals surface area (Å²) in [5.41, 5.74) is 1.95. The molecule has 1 rings (SSSR count). The van der Waals surface area contributed by atoms with Crippen molar-refractivity contribution in [3.8, 4) is 0 Å². The van der Waals surface area contributed by atoms with Crippen molar-refractivity contribution in [2.75, 3.05) is 0 Å². The summed E-state index contributed by atoms with van der Waals surface area (Å²) in [7, 11) is 0. The molecule has 20 heavy (non-hydrogen) atoms. The highest BCUT2D eigenvalue weighted by atomic mass is 16.4. The molecule has 2 N–H and O–H groups in total. The van der Waals surface area contributed by atoms with Gasteiger partial charge in [0.1, 0.15) is 0 Å². The molecule has 0 fully saturated rings. The van der Waals surface area contributed by atoms with Crippen molar-refractivity contribution in [2.24, 2.45) is 0 Å². The Morgan fingerprint density at radius 3 is 2.65 bits per heavy atom. The quantitative estimate of drug-likeness (QED) is 0.759. The lowest BCUT2D eigenvalue weighted by Crippen LogP contribution is -2.36. The second-order valence-electron chi connectivity index (χ2n) is 5.05. The van der Waals surface area contributed by atoms with E-state index in [2.05, 4.69) is 10.4 Å². The van der Waals surface area contributed by atoms with Gasteiger partial charge in [0.2, 0.25) is 5.91 Å². The number of nitrogens with zero attached hydrogens (tertiary/aromatic N) is 2. The number of carboxylic acid groups (broad SMARTS) is 1. The predicted molar refractivity (Wildman–Crippen MR) is 75.4 cm³/mol. The molecule has 1 atom stereocenters. The van der Waals surface area contributed by atoms with Crippen LogP contribution in [0.1, 0.15) is 44.0 Å². The molecule has 0 saturated carbocycles. The van der Waals surface area contributed by atoms with Crippen LogP contribution in [-0.2, 0) is 16.1 Å². The number of aromatic nitrogens is 2. The van der Waals surface area contributed by atoms with Crippen LogP contribution in [-0.4, -0.2) is 32.8 Å². The van der Waals surface area contributed by atoms with E-state index >= 15 is 0 Å². The number of aliphatic carboxylic acids is 1. The Hall–Kier alpha value is -1.85. The van der Waals surface area contributed by atoms with Crippen molar-refractivity contribution < 1.29 is 14.7 Å². The molecular weight excluding hydrogens is 258 g/mol. The van der Waals surface area contributed by atoms with Gasteiger partial charge in [0.25, 0.3) is 0 Å². The normalized spacial score (nSPS) is 12.2. The van der Waals surface area contributed by atoms with Gasteiger partial charge in [0.05, 0.1) is 12.1 Å². The van der Waals surface area contributed by atoms with E-state index in [4.69, 9.17) is 5.11 Å². The van der Waals surface area contributed by atoms with Gasteiger partial charge < -0.3 is 10.4 Å². The smallest absolute Gasteiger partial charge is 0.305 e. The van der Waals surface area contributed by atoms with Gasteiger partial charge in [-0.2, -0.15) is 5.10 Å². The molecular formula is C14H23N3O3. The van der Waals surface area contributed by atoms with Gasteiger partial charge in [-0.1, -0.05) is 13.3 Å². The minimum atomic E-state index is -0.887. The van der Waals surface area contributed by atoms with Crippen molar-refractivity contribution in [1.29, 1.82) is 0 Å². The van der Waals surface area contributed by atoms with E-state index in [9.17, 15) is 9.59 Å². The average Bonchev–Trinajstić information content (AvgIpc) is 2.64. The molecule has 6 heteroatoms. The second kappa shape index (κ2) is 7.67. The molecule has 1 aromatic heterocycles. The van der Waals surface area contributed by atoms with Gasteiger partial charge in [-0.3, -0.25) is 14.3 Å². The van der Waals surface area contributed by atoms with E-state index < -0.39 is 5.97 Å². The third kappa shape index (κ3) is 5.42. The molecule has 0 spiro atoms. The van der Waals surface area contributed by atoms with Crippen molar-refractivity contribution in [3.63, 3.8) is 0 Å². The maximum absolute atomic E-state index is 11.9. The third-order valence-electron chi connectivity index (χ3n) is 3.08. The van der Waals surface area contributed by atoms with Crippen molar-refractivity contribution >= 4 is 11.9 Å². The van der Waals surface area contributed by atoms with Crippen LogP contribution in [0.15, 0.2) is 6.07 Å². The molecule has 1 heterocycles. The number of hydrogen-bond acceptors (Lipinski definition) is 3. The highest BCUT2D eigenvalue weighted by Crippen LogP contribution is 2.05. The van der Waals surface area contributed by atoms with E-state index in [0.717, 1.165) is 17.8 Å². The van der Waals surface area contributed by atoms with E-state index in [1.165, 1.54) is 0 Å². The van der Waals surface area contributed by atoms with Crippen molar-refractivity contribution in [3.05, 3.63) is 17.5 Å². The van der Waals surface area contributed by atoms with E-state index in [1.54, 1.807) is 4.68 Å². The number of carbonyl (C=O) groups excluding carboxylic acids is 1. The zero-order valence-corrected chi connectivity index (χ0v) is 12.3. The average molecular weight is 281 g/mol. The molecule has 112 valence electrons. The van der Waals surface area contributed by atoms with E-state index in [0.29, 0.717) is 19.4 Å². The fraction of sp³-hybridized carbons (Fsp3) is 0.643. The number of hydrogen-bond donors (Lipinski definition) is 2. The first-order valence-electron chi connectivity index (χ1n) is 6.94. The van der Waals surface area contributed by atoms with Gasteiger partial charge in [-0.25, -0.2) is 0 Å². The van der Waals surface area contributed by atoms with Gasteiger partial charge in [0, 0.05) is 24.7 Å². The lowest BCUT2D eigenvalue weighted by molar-refractivity contribution is -0.137. The lowest BCUT2D eigenvalue weighted by atomic mass is 10.1. The van der Waals surface area contributed by atoms with Crippen LogP contribution in [0.5, 0.6) is 0 Å². The van der Waals surface area contributed by atoms with E-state index in [-0.39, 0.29) is 18.4 Å². The molecule has 0 aliphatic heterocycles. The summed E-state index contributed by atoms with van der Waals surface area (Å²) in [4.78, 5) is 22.6. The molecule has 0 saturated heterocycles. The Morgan fingerprint density at radius 2 is 2.15 bits per heavy atom. The molecule has 0 aromatic carbocycles. The van der Waals surface area contributed by atoms with Crippen LogP contribution >= 0.6 is 0 Å². The van der Waals surface area contributed by atoms with Crippen LogP contribution in [0.25, 0.3) is 0 Å². The summed E-state index contributed by atoms with van der Waals surface area (Å²) in [6.45, 7) is 6.34. The third-order valence-corrected chi connectivity index (χ3v) is 3.08. The first-order valence-corrected chi connectivity index (χ1v) is 6.94. The fourth-order valence-corrected chi connectivity index (χ4v) is 2.19. The lowest BCUT2D eigenvalue weighted by Gasteiger charge is -2.16. The predicted octanol–water partition coefficient (Wildman–Crippen LogP) is 1.65. The number of carboxylic acids is 1. The van der Waals surface area contributed by atoms with Gasteiger partial charge in [-0.15, -0.1) is 0 Å². The summed E-state index contributed by atoms with van der Waals surface area (Å²) in [6, 6.07) is 1.67. The summed E-state index contributed by atoms with van der Waals surface area (Å²) >= 11 is 0. The molecule has 1 amide bonds. The maximum atomic E-state index is 11.9. The molecule has 6 nitrogen and oxygen atoms in total. The molecule has 1 unspecified atom stereocenters. The first kappa shape index (κ1) is 16.2. The number of carbonyl (C=O) groups is 2. The SMILES string of the molecule is CCCC(CC(=O)O)NC(=O)CCn1nc(C)cc1C. The highest BCUT2D eigenvalue weighted by molar-refractivity contribution is 5.77. The van der Waals surface area contributed by atoms with Gasteiger partial charge in [0.15, 0.2) is 0 Å². The molecule has 0 radical (unpaired) electrons. The Bertz CT molecular complexity index is 468. The molecule has 1 aromatic rings. The highest BCUT2D eigenvalue weighted by Gasteiger charge is 2.15. The van der Waals surface area contributed by atoms with Crippen LogP contribution in [0.2, 0.25) is 0 Å². The summed E-state index contributed by atoms with van der Waals surface area (Å²) in [5, 5.41) is 15.9. The van der Waals surface area contributed by atoms with Crippen LogP contribution < -0.4 is 5.32 Å². The topological polar surface area (TPSA) is 84.2 Å². The van der Waals surface area contributed by atoms with Crippen LogP contribution in [0, 0.1) is 13.8 Å². The maximum Gasteiger partial charge on any atom is 0.305 e. The Balaban J connectivity index is 2.45. The van der Waals surface area contributed by atoms with Crippen LogP contribution in [0.3, 0.4) is 0 Å². The number of nitrogens with one attached hydrogen (secondary N) is 1. The summed E-state index contributed by atoms with van der Waals surface area (Å²) in [5.74, 6) is -1.01.